The van der Waals surface area contributed by atoms with E-state index in [0.717, 1.165) is 12.0 Å². The van der Waals surface area contributed by atoms with E-state index >= 15 is 0 Å². The molecule has 3 heteroatoms. The Balaban J connectivity index is 2.45. The van der Waals surface area contributed by atoms with Gasteiger partial charge in [-0.2, -0.15) is 0 Å². The SMILES string of the molecule is CC1(C)CC1(N)c1ccc(O)cc1O. The molecule has 0 amide bonds. The number of hydrogen-bond acceptors (Lipinski definition) is 3. The van der Waals surface area contributed by atoms with Crippen molar-refractivity contribution in [3.63, 3.8) is 0 Å². The normalized spacial score (nSPS) is 28.8. The molecule has 0 bridgehead atoms. The Bertz CT molecular complexity index is 387. The third-order valence-electron chi connectivity index (χ3n) is 3.27. The van der Waals surface area contributed by atoms with Crippen LogP contribution < -0.4 is 5.73 Å². The Labute approximate surface area is 83.2 Å². The summed E-state index contributed by atoms with van der Waals surface area (Å²) in [5.41, 5.74) is 6.47. The molecular weight excluding hydrogens is 178 g/mol. The molecule has 0 heterocycles. The molecule has 1 aromatic rings. The molecule has 1 aromatic carbocycles. The van der Waals surface area contributed by atoms with E-state index in [1.54, 1.807) is 12.1 Å². The van der Waals surface area contributed by atoms with Gasteiger partial charge in [0.1, 0.15) is 11.5 Å². The number of hydrogen-bond donors (Lipinski definition) is 3. The molecule has 1 fully saturated rings. The van der Waals surface area contributed by atoms with Gasteiger partial charge >= 0.3 is 0 Å². The number of phenols is 2. The summed E-state index contributed by atoms with van der Waals surface area (Å²) in [6.45, 7) is 4.14. The number of phenolic OH excluding ortho intramolecular Hbond substituents is 2. The van der Waals surface area contributed by atoms with Crippen LogP contribution in [0.5, 0.6) is 11.5 Å². The summed E-state index contributed by atoms with van der Waals surface area (Å²) in [5.74, 6) is 0.145. The lowest BCUT2D eigenvalue weighted by Crippen LogP contribution is -2.25. The Kier molecular flexibility index (Phi) is 1.61. The summed E-state index contributed by atoms with van der Waals surface area (Å²) < 4.78 is 0. The van der Waals surface area contributed by atoms with Crippen LogP contribution >= 0.6 is 0 Å². The molecule has 1 unspecified atom stereocenters. The van der Waals surface area contributed by atoms with Crippen LogP contribution in [0.4, 0.5) is 0 Å². The Morgan fingerprint density at radius 1 is 1.29 bits per heavy atom. The molecule has 0 aromatic heterocycles. The molecule has 1 atom stereocenters. The predicted molar refractivity (Wildman–Crippen MR) is 54.0 cm³/mol. The summed E-state index contributed by atoms with van der Waals surface area (Å²) in [7, 11) is 0. The fourth-order valence-electron chi connectivity index (χ4n) is 2.01. The maximum atomic E-state index is 9.66. The van der Waals surface area contributed by atoms with Gasteiger partial charge in [-0.3, -0.25) is 0 Å². The summed E-state index contributed by atoms with van der Waals surface area (Å²) >= 11 is 0. The van der Waals surface area contributed by atoms with Crippen molar-refractivity contribution >= 4 is 0 Å². The van der Waals surface area contributed by atoms with Crippen molar-refractivity contribution in [3.05, 3.63) is 23.8 Å². The Hall–Kier alpha value is -1.22. The van der Waals surface area contributed by atoms with Gasteiger partial charge < -0.3 is 15.9 Å². The van der Waals surface area contributed by atoms with E-state index in [1.165, 1.54) is 6.07 Å². The van der Waals surface area contributed by atoms with Gasteiger partial charge in [0, 0.05) is 11.6 Å². The van der Waals surface area contributed by atoms with Crippen molar-refractivity contribution in [3.8, 4) is 11.5 Å². The molecule has 0 radical (unpaired) electrons. The van der Waals surface area contributed by atoms with Crippen LogP contribution in [0.2, 0.25) is 0 Å². The average Bonchev–Trinajstić information content (AvgIpc) is 2.50. The zero-order valence-corrected chi connectivity index (χ0v) is 8.41. The Morgan fingerprint density at radius 2 is 1.86 bits per heavy atom. The third-order valence-corrected chi connectivity index (χ3v) is 3.27. The smallest absolute Gasteiger partial charge is 0.124 e. The number of aromatic hydroxyl groups is 2. The maximum Gasteiger partial charge on any atom is 0.124 e. The molecule has 1 saturated carbocycles. The van der Waals surface area contributed by atoms with Gasteiger partial charge in [0.2, 0.25) is 0 Å². The third kappa shape index (κ3) is 1.09. The minimum Gasteiger partial charge on any atom is -0.508 e. The first-order valence-corrected chi connectivity index (χ1v) is 4.68. The highest BCUT2D eigenvalue weighted by molar-refractivity contribution is 5.47. The first-order valence-electron chi connectivity index (χ1n) is 4.68. The van der Waals surface area contributed by atoms with Crippen LogP contribution in [-0.4, -0.2) is 10.2 Å². The fourth-order valence-corrected chi connectivity index (χ4v) is 2.01. The zero-order valence-electron chi connectivity index (χ0n) is 8.41. The molecular formula is C11H15NO2. The molecule has 1 aliphatic carbocycles. The van der Waals surface area contributed by atoms with Crippen molar-refractivity contribution in [2.45, 2.75) is 25.8 Å². The molecule has 76 valence electrons. The van der Waals surface area contributed by atoms with Crippen LogP contribution in [0.1, 0.15) is 25.8 Å². The van der Waals surface area contributed by atoms with Crippen molar-refractivity contribution in [2.24, 2.45) is 11.1 Å². The lowest BCUT2D eigenvalue weighted by atomic mass is 9.96. The van der Waals surface area contributed by atoms with E-state index in [4.69, 9.17) is 10.8 Å². The lowest BCUT2D eigenvalue weighted by molar-refractivity contribution is 0.427. The molecule has 4 N–H and O–H groups in total. The molecule has 14 heavy (non-hydrogen) atoms. The molecule has 0 saturated heterocycles. The number of rotatable bonds is 1. The lowest BCUT2D eigenvalue weighted by Gasteiger charge is -2.16. The van der Waals surface area contributed by atoms with Crippen molar-refractivity contribution in [1.82, 2.24) is 0 Å². The van der Waals surface area contributed by atoms with Gasteiger partial charge in [-0.1, -0.05) is 13.8 Å². The van der Waals surface area contributed by atoms with Gasteiger partial charge in [-0.15, -0.1) is 0 Å². The maximum absolute atomic E-state index is 9.66. The predicted octanol–water partition coefficient (Wildman–Crippen LogP) is 1.68. The quantitative estimate of drug-likeness (QED) is 0.635. The van der Waals surface area contributed by atoms with E-state index in [9.17, 15) is 5.11 Å². The van der Waals surface area contributed by atoms with E-state index in [2.05, 4.69) is 13.8 Å². The highest BCUT2D eigenvalue weighted by Gasteiger charge is 2.60. The summed E-state index contributed by atoms with van der Waals surface area (Å²) in [6, 6.07) is 4.58. The molecule has 0 spiro atoms. The summed E-state index contributed by atoms with van der Waals surface area (Å²) in [6.07, 6.45) is 0.859. The molecule has 2 rings (SSSR count). The van der Waals surface area contributed by atoms with E-state index < -0.39 is 5.54 Å². The minimum atomic E-state index is -0.440. The molecule has 1 aliphatic rings. The zero-order chi connectivity index (χ0) is 10.6. The van der Waals surface area contributed by atoms with Crippen LogP contribution in [-0.2, 0) is 5.54 Å². The summed E-state index contributed by atoms with van der Waals surface area (Å²) in [5, 5.41) is 18.8. The fraction of sp³-hybridized carbons (Fsp3) is 0.455. The van der Waals surface area contributed by atoms with E-state index in [0.29, 0.717) is 0 Å². The van der Waals surface area contributed by atoms with Crippen LogP contribution in [0.15, 0.2) is 18.2 Å². The standard InChI is InChI=1S/C11H15NO2/c1-10(2)6-11(10,12)8-4-3-7(13)5-9(8)14/h3-5,13-14H,6,12H2,1-2H3. The van der Waals surface area contributed by atoms with Crippen LogP contribution in [0.3, 0.4) is 0 Å². The highest BCUT2D eigenvalue weighted by Crippen LogP contribution is 2.61. The Morgan fingerprint density at radius 3 is 2.29 bits per heavy atom. The van der Waals surface area contributed by atoms with Gasteiger partial charge in [-0.25, -0.2) is 0 Å². The topological polar surface area (TPSA) is 66.5 Å². The monoisotopic (exact) mass is 193 g/mol. The van der Waals surface area contributed by atoms with Gasteiger partial charge in [0.25, 0.3) is 0 Å². The van der Waals surface area contributed by atoms with E-state index in [1.807, 2.05) is 0 Å². The number of nitrogens with two attached hydrogens (primary N) is 1. The second kappa shape index (κ2) is 2.42. The summed E-state index contributed by atoms with van der Waals surface area (Å²) in [4.78, 5) is 0. The second-order valence-electron chi connectivity index (χ2n) is 4.73. The van der Waals surface area contributed by atoms with Crippen molar-refractivity contribution in [2.75, 3.05) is 0 Å². The largest absolute Gasteiger partial charge is 0.508 e. The van der Waals surface area contributed by atoms with E-state index in [-0.39, 0.29) is 16.9 Å². The van der Waals surface area contributed by atoms with Crippen molar-refractivity contribution in [1.29, 1.82) is 0 Å². The van der Waals surface area contributed by atoms with Gasteiger partial charge in [0.15, 0.2) is 0 Å². The minimum absolute atomic E-state index is 0.0292. The van der Waals surface area contributed by atoms with Crippen LogP contribution in [0.25, 0.3) is 0 Å². The van der Waals surface area contributed by atoms with Crippen LogP contribution in [0, 0.1) is 5.41 Å². The molecule has 0 aliphatic heterocycles. The second-order valence-corrected chi connectivity index (χ2v) is 4.73. The highest BCUT2D eigenvalue weighted by atomic mass is 16.3. The first-order chi connectivity index (χ1) is 6.37. The van der Waals surface area contributed by atoms with Gasteiger partial charge in [0.05, 0.1) is 5.54 Å². The van der Waals surface area contributed by atoms with Crippen molar-refractivity contribution < 1.29 is 10.2 Å². The molecule has 3 nitrogen and oxygen atoms in total. The first kappa shape index (κ1) is 9.34. The number of benzene rings is 1. The average molecular weight is 193 g/mol. The van der Waals surface area contributed by atoms with Gasteiger partial charge in [-0.05, 0) is 24.0 Å².